The van der Waals surface area contributed by atoms with Crippen LogP contribution in [0.25, 0.3) is 0 Å². The van der Waals surface area contributed by atoms with Crippen LogP contribution in [-0.2, 0) is 0 Å². The molecule has 3 nitrogen and oxygen atoms in total. The van der Waals surface area contributed by atoms with Crippen LogP contribution in [0.1, 0.15) is 57.4 Å². The van der Waals surface area contributed by atoms with E-state index in [-0.39, 0.29) is 11.9 Å². The predicted molar refractivity (Wildman–Crippen MR) is 114 cm³/mol. The van der Waals surface area contributed by atoms with Gasteiger partial charge < -0.3 is 11.1 Å². The molecule has 1 atom stereocenters. The molecule has 2 aromatic carbocycles. The Bertz CT molecular complexity index is 723. The van der Waals surface area contributed by atoms with Gasteiger partial charge in [0.15, 0.2) is 0 Å². The third kappa shape index (κ3) is 4.84. The molecule has 0 aromatic heterocycles. The van der Waals surface area contributed by atoms with Gasteiger partial charge in [-0.25, -0.2) is 0 Å². The molecule has 1 fully saturated rings. The molecule has 3 rings (SSSR count). The van der Waals surface area contributed by atoms with Crippen molar-refractivity contribution < 1.29 is 4.79 Å². The molecule has 1 aliphatic rings. The second-order valence-corrected chi connectivity index (χ2v) is 9.56. The van der Waals surface area contributed by atoms with Crippen molar-refractivity contribution in [1.82, 2.24) is 5.32 Å². The van der Waals surface area contributed by atoms with E-state index in [2.05, 4.69) is 55.6 Å². The Morgan fingerprint density at radius 1 is 1.04 bits per heavy atom. The van der Waals surface area contributed by atoms with Gasteiger partial charge >= 0.3 is 0 Å². The number of benzene rings is 2. The van der Waals surface area contributed by atoms with Crippen molar-refractivity contribution in [2.24, 2.45) is 5.73 Å². The van der Waals surface area contributed by atoms with Crippen LogP contribution in [0.2, 0.25) is 0 Å². The van der Waals surface area contributed by atoms with Crippen molar-refractivity contribution in [2.45, 2.75) is 30.4 Å². The minimum atomic E-state index is -0.203. The Morgan fingerprint density at radius 2 is 1.62 bits per heavy atom. The fourth-order valence-corrected chi connectivity index (χ4v) is 5.75. The predicted octanol–water partition coefficient (Wildman–Crippen LogP) is 4.72. The van der Waals surface area contributed by atoms with Gasteiger partial charge in [0.2, 0.25) is 0 Å². The number of nitrogens with two attached hydrogens (primary N) is 1. The molecule has 0 spiro atoms. The first kappa shape index (κ1) is 19.3. The summed E-state index contributed by atoms with van der Waals surface area (Å²) in [5.74, 6) is 2.84. The third-order valence-corrected chi connectivity index (χ3v) is 7.69. The van der Waals surface area contributed by atoms with Gasteiger partial charge in [-0.3, -0.25) is 4.79 Å². The number of nitrogens with one attached hydrogen (secondary N) is 1. The first-order valence-electron chi connectivity index (χ1n) is 9.01. The molecule has 26 heavy (non-hydrogen) atoms. The van der Waals surface area contributed by atoms with Crippen LogP contribution in [0.3, 0.4) is 0 Å². The van der Waals surface area contributed by atoms with Crippen molar-refractivity contribution in [3.63, 3.8) is 0 Å². The van der Waals surface area contributed by atoms with Gasteiger partial charge in [-0.15, -0.1) is 23.5 Å². The number of thioether (sulfide) groups is 2. The summed E-state index contributed by atoms with van der Waals surface area (Å²) < 4.78 is 0.509. The van der Waals surface area contributed by atoms with Gasteiger partial charge in [0.1, 0.15) is 0 Å². The summed E-state index contributed by atoms with van der Waals surface area (Å²) in [6.07, 6.45) is 0. The standard InChI is InChI=1S/C21H26N2OS2/c1-14(2)15-3-5-16(6-4-15)19(22)13-23-20(24)17-7-9-18(10-8-17)21-25-11-12-26-21/h3-10,14,19,21H,11-13,22H2,1-2H3,(H,23,24). The Morgan fingerprint density at radius 3 is 2.19 bits per heavy atom. The minimum Gasteiger partial charge on any atom is -0.350 e. The highest BCUT2D eigenvalue weighted by Crippen LogP contribution is 2.45. The SMILES string of the molecule is CC(C)c1ccc(C(N)CNC(=O)c2ccc(C3SCCS3)cc2)cc1. The van der Waals surface area contributed by atoms with Crippen molar-refractivity contribution in [1.29, 1.82) is 0 Å². The number of amides is 1. The van der Waals surface area contributed by atoms with Crippen LogP contribution in [0.4, 0.5) is 0 Å². The van der Waals surface area contributed by atoms with E-state index < -0.39 is 0 Å². The third-order valence-electron chi connectivity index (χ3n) is 4.58. The summed E-state index contributed by atoms with van der Waals surface area (Å²) in [4.78, 5) is 12.4. The Labute approximate surface area is 164 Å². The molecular formula is C21H26N2OS2. The molecule has 2 aromatic rings. The molecule has 0 aliphatic carbocycles. The van der Waals surface area contributed by atoms with Crippen LogP contribution in [0.5, 0.6) is 0 Å². The van der Waals surface area contributed by atoms with Crippen molar-refractivity contribution in [3.8, 4) is 0 Å². The van der Waals surface area contributed by atoms with Crippen molar-refractivity contribution >= 4 is 29.4 Å². The summed E-state index contributed by atoms with van der Waals surface area (Å²) in [7, 11) is 0. The average Bonchev–Trinajstić information content (AvgIpc) is 3.21. The number of carbonyl (C=O) groups excluding carboxylic acids is 1. The maximum absolute atomic E-state index is 12.4. The molecule has 3 N–H and O–H groups in total. The number of hydrogen-bond acceptors (Lipinski definition) is 4. The summed E-state index contributed by atoms with van der Waals surface area (Å²) >= 11 is 3.94. The van der Waals surface area contributed by atoms with Gasteiger partial charge in [0.05, 0.1) is 4.58 Å². The van der Waals surface area contributed by atoms with E-state index in [1.807, 2.05) is 35.7 Å². The minimum absolute atomic E-state index is 0.0717. The van der Waals surface area contributed by atoms with E-state index >= 15 is 0 Å². The average molecular weight is 387 g/mol. The van der Waals surface area contributed by atoms with Gasteiger partial charge in [0, 0.05) is 29.7 Å². The summed E-state index contributed by atoms with van der Waals surface area (Å²) in [6.45, 7) is 4.77. The Balaban J connectivity index is 1.54. The summed E-state index contributed by atoms with van der Waals surface area (Å²) in [6, 6.07) is 16.1. The quantitative estimate of drug-likeness (QED) is 0.754. The van der Waals surface area contributed by atoms with E-state index in [0.717, 1.165) is 5.56 Å². The second-order valence-electron chi connectivity index (χ2n) is 6.83. The maximum Gasteiger partial charge on any atom is 0.251 e. The zero-order valence-corrected chi connectivity index (χ0v) is 16.9. The number of hydrogen-bond donors (Lipinski definition) is 2. The summed E-state index contributed by atoms with van der Waals surface area (Å²) in [5, 5.41) is 2.95. The largest absolute Gasteiger partial charge is 0.350 e. The molecule has 1 amide bonds. The normalized spacial score (nSPS) is 16.0. The highest BCUT2D eigenvalue weighted by molar-refractivity contribution is 8.19. The lowest BCUT2D eigenvalue weighted by Gasteiger charge is -2.15. The van der Waals surface area contributed by atoms with Crippen LogP contribution in [0.15, 0.2) is 48.5 Å². The summed E-state index contributed by atoms with van der Waals surface area (Å²) in [5.41, 5.74) is 10.5. The van der Waals surface area contributed by atoms with Gasteiger partial charge in [-0.05, 0) is 34.7 Å². The van der Waals surface area contributed by atoms with E-state index in [0.29, 0.717) is 22.6 Å². The highest BCUT2D eigenvalue weighted by atomic mass is 32.2. The fraction of sp³-hybridized carbons (Fsp3) is 0.381. The molecule has 1 heterocycles. The molecule has 5 heteroatoms. The van der Waals surface area contributed by atoms with Crippen molar-refractivity contribution in [2.75, 3.05) is 18.1 Å². The fourth-order valence-electron chi connectivity index (χ4n) is 2.89. The number of carbonyl (C=O) groups is 1. The van der Waals surface area contributed by atoms with Crippen LogP contribution < -0.4 is 11.1 Å². The lowest BCUT2D eigenvalue weighted by Crippen LogP contribution is -2.31. The molecule has 1 unspecified atom stereocenters. The molecular weight excluding hydrogens is 360 g/mol. The first-order chi connectivity index (χ1) is 12.5. The topological polar surface area (TPSA) is 55.1 Å². The van der Waals surface area contributed by atoms with Crippen LogP contribution in [0, 0.1) is 0 Å². The lowest BCUT2D eigenvalue weighted by atomic mass is 9.99. The Kier molecular flexibility index (Phi) is 6.68. The van der Waals surface area contributed by atoms with Crippen molar-refractivity contribution in [3.05, 3.63) is 70.8 Å². The van der Waals surface area contributed by atoms with Gasteiger partial charge in [-0.2, -0.15) is 0 Å². The molecule has 0 bridgehead atoms. The van der Waals surface area contributed by atoms with Crippen LogP contribution in [-0.4, -0.2) is 24.0 Å². The number of rotatable bonds is 6. The Hall–Kier alpha value is -1.43. The monoisotopic (exact) mass is 386 g/mol. The van der Waals surface area contributed by atoms with Crippen LogP contribution >= 0.6 is 23.5 Å². The molecule has 1 saturated heterocycles. The second kappa shape index (κ2) is 8.98. The van der Waals surface area contributed by atoms with E-state index in [4.69, 9.17) is 5.73 Å². The van der Waals surface area contributed by atoms with Gasteiger partial charge in [0.25, 0.3) is 5.91 Å². The zero-order chi connectivity index (χ0) is 18.5. The van der Waals surface area contributed by atoms with Gasteiger partial charge in [-0.1, -0.05) is 50.2 Å². The molecule has 0 saturated carbocycles. The van der Waals surface area contributed by atoms with E-state index in [1.165, 1.54) is 22.6 Å². The lowest BCUT2D eigenvalue weighted by molar-refractivity contribution is 0.0951. The zero-order valence-electron chi connectivity index (χ0n) is 15.3. The van der Waals surface area contributed by atoms with E-state index in [1.54, 1.807) is 0 Å². The highest BCUT2D eigenvalue weighted by Gasteiger charge is 2.18. The maximum atomic E-state index is 12.4. The van der Waals surface area contributed by atoms with E-state index in [9.17, 15) is 4.79 Å². The molecule has 0 radical (unpaired) electrons. The smallest absolute Gasteiger partial charge is 0.251 e. The molecule has 138 valence electrons. The first-order valence-corrected chi connectivity index (χ1v) is 11.1. The molecule has 1 aliphatic heterocycles.